The summed E-state index contributed by atoms with van der Waals surface area (Å²) in [5, 5.41) is 11.0. The topological polar surface area (TPSA) is 52.1 Å². The van der Waals surface area contributed by atoms with Crippen LogP contribution in [0.25, 0.3) is 22.0 Å². The number of rotatable bonds is 3. The standard InChI is InChI=1S/C18H13FN2O2S/c19-12-7-5-11(6-8-12)16-13-3-1-2-4-14(13)17(21-20-16)24-15-9-10-23-18(15)22/h1-8,15H,9-10H2/t15-/m0/s1. The number of aromatic nitrogens is 2. The van der Waals surface area contributed by atoms with E-state index in [-0.39, 0.29) is 17.0 Å². The SMILES string of the molecule is O=C1OCC[C@@H]1Sc1nnc(-c2ccc(F)cc2)c2ccccc12. The van der Waals surface area contributed by atoms with Crippen LogP contribution >= 0.6 is 11.8 Å². The van der Waals surface area contributed by atoms with Gasteiger partial charge in [-0.3, -0.25) is 4.79 Å². The van der Waals surface area contributed by atoms with Gasteiger partial charge in [0.15, 0.2) is 0 Å². The van der Waals surface area contributed by atoms with E-state index in [1.165, 1.54) is 23.9 Å². The average Bonchev–Trinajstić information content (AvgIpc) is 3.01. The Balaban J connectivity index is 1.79. The molecule has 3 aromatic rings. The number of thioether (sulfide) groups is 1. The van der Waals surface area contributed by atoms with Crippen molar-refractivity contribution < 1.29 is 13.9 Å². The molecule has 4 nitrogen and oxygen atoms in total. The summed E-state index contributed by atoms with van der Waals surface area (Å²) in [5.74, 6) is -0.489. The van der Waals surface area contributed by atoms with Gasteiger partial charge in [0.2, 0.25) is 0 Å². The number of hydrogen-bond acceptors (Lipinski definition) is 5. The lowest BCUT2D eigenvalue weighted by Crippen LogP contribution is -2.10. The average molecular weight is 340 g/mol. The summed E-state index contributed by atoms with van der Waals surface area (Å²) in [5.41, 5.74) is 1.50. The van der Waals surface area contributed by atoms with Gasteiger partial charge in [0.1, 0.15) is 21.8 Å². The molecule has 1 atom stereocenters. The highest BCUT2D eigenvalue weighted by Crippen LogP contribution is 2.35. The molecule has 0 bridgehead atoms. The number of cyclic esters (lactones) is 1. The second-order valence-corrected chi connectivity index (χ2v) is 6.66. The van der Waals surface area contributed by atoms with Crippen LogP contribution in [-0.4, -0.2) is 28.0 Å². The number of fused-ring (bicyclic) bond motifs is 1. The first-order valence-corrected chi connectivity index (χ1v) is 8.45. The number of hydrogen-bond donors (Lipinski definition) is 0. The Labute approximate surface area is 142 Å². The van der Waals surface area contributed by atoms with E-state index in [9.17, 15) is 9.18 Å². The van der Waals surface area contributed by atoms with Crippen LogP contribution in [0.3, 0.4) is 0 Å². The van der Waals surface area contributed by atoms with Gasteiger partial charge < -0.3 is 4.74 Å². The van der Waals surface area contributed by atoms with E-state index in [1.807, 2.05) is 24.3 Å². The summed E-state index contributed by atoms with van der Waals surface area (Å²) < 4.78 is 18.2. The zero-order valence-corrected chi connectivity index (χ0v) is 13.4. The maximum absolute atomic E-state index is 13.2. The van der Waals surface area contributed by atoms with Crippen LogP contribution < -0.4 is 0 Å². The second kappa shape index (κ2) is 6.20. The van der Waals surface area contributed by atoms with Crippen LogP contribution in [0.1, 0.15) is 6.42 Å². The van der Waals surface area contributed by atoms with Gasteiger partial charge in [-0.2, -0.15) is 0 Å². The van der Waals surface area contributed by atoms with Crippen LogP contribution in [0.5, 0.6) is 0 Å². The predicted molar refractivity (Wildman–Crippen MR) is 90.2 cm³/mol. The van der Waals surface area contributed by atoms with Crippen molar-refractivity contribution in [3.8, 4) is 11.3 Å². The zero-order chi connectivity index (χ0) is 16.5. The largest absolute Gasteiger partial charge is 0.465 e. The smallest absolute Gasteiger partial charge is 0.319 e. The molecule has 120 valence electrons. The first-order valence-electron chi connectivity index (χ1n) is 7.57. The van der Waals surface area contributed by atoms with Crippen molar-refractivity contribution in [3.63, 3.8) is 0 Å². The van der Waals surface area contributed by atoms with Gasteiger partial charge in [-0.1, -0.05) is 36.0 Å². The highest BCUT2D eigenvalue weighted by atomic mass is 32.2. The number of carbonyl (C=O) groups excluding carboxylic acids is 1. The molecule has 0 unspecified atom stereocenters. The Hall–Kier alpha value is -2.47. The first-order chi connectivity index (χ1) is 11.7. The van der Waals surface area contributed by atoms with E-state index in [1.54, 1.807) is 12.1 Å². The molecule has 1 saturated heterocycles. The number of halogens is 1. The Morgan fingerprint density at radius 1 is 1.04 bits per heavy atom. The molecular weight excluding hydrogens is 327 g/mol. The number of nitrogens with zero attached hydrogens (tertiary/aromatic N) is 2. The molecule has 2 aromatic carbocycles. The Morgan fingerprint density at radius 3 is 2.50 bits per heavy atom. The Morgan fingerprint density at radius 2 is 1.79 bits per heavy atom. The maximum atomic E-state index is 13.2. The molecule has 4 rings (SSSR count). The minimum atomic E-state index is -0.289. The van der Waals surface area contributed by atoms with E-state index in [4.69, 9.17) is 4.74 Å². The third-order valence-corrected chi connectivity index (χ3v) is 5.15. The Bertz CT molecular complexity index is 915. The molecule has 0 saturated carbocycles. The summed E-state index contributed by atoms with van der Waals surface area (Å²) >= 11 is 1.39. The van der Waals surface area contributed by atoms with Gasteiger partial charge in [0.05, 0.1) is 6.61 Å². The van der Waals surface area contributed by atoms with Crippen LogP contribution in [0.15, 0.2) is 53.6 Å². The van der Waals surface area contributed by atoms with E-state index in [2.05, 4.69) is 10.2 Å². The van der Waals surface area contributed by atoms with Crippen molar-refractivity contribution >= 4 is 28.5 Å². The lowest BCUT2D eigenvalue weighted by molar-refractivity contribution is -0.137. The molecule has 0 N–H and O–H groups in total. The molecule has 2 heterocycles. The zero-order valence-electron chi connectivity index (χ0n) is 12.6. The van der Waals surface area contributed by atoms with Gasteiger partial charge in [0.25, 0.3) is 0 Å². The van der Waals surface area contributed by atoms with Crippen LogP contribution in [0, 0.1) is 5.82 Å². The van der Waals surface area contributed by atoms with Crippen molar-refractivity contribution in [3.05, 3.63) is 54.3 Å². The number of carbonyl (C=O) groups is 1. The van der Waals surface area contributed by atoms with Gasteiger partial charge in [-0.15, -0.1) is 10.2 Å². The van der Waals surface area contributed by atoms with Gasteiger partial charge >= 0.3 is 5.97 Å². The third-order valence-electron chi connectivity index (χ3n) is 3.91. The molecule has 1 aromatic heterocycles. The quantitative estimate of drug-likeness (QED) is 0.678. The molecule has 0 radical (unpaired) electrons. The first kappa shape index (κ1) is 15.1. The highest BCUT2D eigenvalue weighted by molar-refractivity contribution is 8.00. The van der Waals surface area contributed by atoms with Crippen molar-refractivity contribution in [2.75, 3.05) is 6.61 Å². The fraction of sp³-hybridized carbons (Fsp3) is 0.167. The molecule has 1 aliphatic rings. The molecule has 24 heavy (non-hydrogen) atoms. The van der Waals surface area contributed by atoms with Crippen LogP contribution in [0.4, 0.5) is 4.39 Å². The van der Waals surface area contributed by atoms with E-state index in [0.717, 1.165) is 16.3 Å². The lowest BCUT2D eigenvalue weighted by Gasteiger charge is -2.10. The van der Waals surface area contributed by atoms with Crippen molar-refractivity contribution in [1.82, 2.24) is 10.2 Å². The van der Waals surface area contributed by atoms with E-state index < -0.39 is 0 Å². The molecular formula is C18H13FN2O2S. The number of esters is 1. The van der Waals surface area contributed by atoms with Crippen LogP contribution in [0.2, 0.25) is 0 Å². The lowest BCUT2D eigenvalue weighted by atomic mass is 10.1. The minimum Gasteiger partial charge on any atom is -0.465 e. The molecule has 0 spiro atoms. The van der Waals surface area contributed by atoms with Crippen molar-refractivity contribution in [2.45, 2.75) is 16.7 Å². The number of ether oxygens (including phenoxy) is 1. The van der Waals surface area contributed by atoms with Crippen molar-refractivity contribution in [2.24, 2.45) is 0 Å². The minimum absolute atomic E-state index is 0.200. The summed E-state index contributed by atoms with van der Waals surface area (Å²) in [6.45, 7) is 0.454. The molecule has 1 fully saturated rings. The molecule has 1 aliphatic heterocycles. The fourth-order valence-corrected chi connectivity index (χ4v) is 3.75. The summed E-state index contributed by atoms with van der Waals surface area (Å²) in [7, 11) is 0. The fourth-order valence-electron chi connectivity index (χ4n) is 2.71. The van der Waals surface area contributed by atoms with E-state index >= 15 is 0 Å². The summed E-state index contributed by atoms with van der Waals surface area (Å²) in [6, 6.07) is 14.0. The normalized spacial score (nSPS) is 17.2. The van der Waals surface area contributed by atoms with Gasteiger partial charge in [0, 0.05) is 22.8 Å². The summed E-state index contributed by atoms with van der Waals surface area (Å²) in [6.07, 6.45) is 0.680. The molecule has 6 heteroatoms. The van der Waals surface area contributed by atoms with Gasteiger partial charge in [-0.25, -0.2) is 4.39 Å². The maximum Gasteiger partial charge on any atom is 0.319 e. The highest BCUT2D eigenvalue weighted by Gasteiger charge is 2.29. The third kappa shape index (κ3) is 2.73. The molecule has 0 aliphatic carbocycles. The molecule has 0 amide bonds. The second-order valence-electron chi connectivity index (χ2n) is 5.47. The monoisotopic (exact) mass is 340 g/mol. The predicted octanol–water partition coefficient (Wildman–Crippen LogP) is 3.84. The van der Waals surface area contributed by atoms with Crippen LogP contribution in [-0.2, 0) is 9.53 Å². The summed E-state index contributed by atoms with van der Waals surface area (Å²) in [4.78, 5) is 11.7. The van der Waals surface area contributed by atoms with Gasteiger partial charge in [-0.05, 0) is 24.3 Å². The van der Waals surface area contributed by atoms with Crippen molar-refractivity contribution in [1.29, 1.82) is 0 Å². The Kier molecular flexibility index (Phi) is 3.90. The van der Waals surface area contributed by atoms with E-state index in [0.29, 0.717) is 23.7 Å². The number of benzene rings is 2.